The van der Waals surface area contributed by atoms with Gasteiger partial charge in [-0.3, -0.25) is 4.79 Å². The van der Waals surface area contributed by atoms with E-state index in [2.05, 4.69) is 28.9 Å². The van der Waals surface area contributed by atoms with Crippen molar-refractivity contribution in [2.45, 2.75) is 27.3 Å². The van der Waals surface area contributed by atoms with Crippen LogP contribution >= 0.6 is 0 Å². The number of amides is 1. The van der Waals surface area contributed by atoms with E-state index in [1.54, 1.807) is 19.9 Å². The number of carbonyl (C=O) groups excluding carboxylic acids is 2. The molecule has 0 atom stereocenters. The molecule has 0 aliphatic rings. The third-order valence-corrected chi connectivity index (χ3v) is 4.97. The van der Waals surface area contributed by atoms with Gasteiger partial charge in [0.2, 0.25) is 0 Å². The lowest BCUT2D eigenvalue weighted by Gasteiger charge is -2.07. The number of para-hydroxylation sites is 1. The largest absolute Gasteiger partial charge is 0.466 e. The summed E-state index contributed by atoms with van der Waals surface area (Å²) >= 11 is 0. The number of esters is 1. The van der Waals surface area contributed by atoms with Crippen molar-refractivity contribution in [3.63, 3.8) is 0 Å². The number of nitrogens with one attached hydrogen (secondary N) is 1. The van der Waals surface area contributed by atoms with Crippen LogP contribution in [0.5, 0.6) is 0 Å². The average molecular weight is 390 g/mol. The number of anilines is 1. The third kappa shape index (κ3) is 3.49. The van der Waals surface area contributed by atoms with Gasteiger partial charge in [-0.15, -0.1) is 0 Å². The van der Waals surface area contributed by atoms with Crippen LogP contribution in [0.15, 0.2) is 52.9 Å². The van der Waals surface area contributed by atoms with Crippen LogP contribution in [0.1, 0.15) is 28.8 Å². The molecule has 0 fully saturated rings. The second-order valence-corrected chi connectivity index (χ2v) is 6.94. The Morgan fingerprint density at radius 3 is 2.52 bits per heavy atom. The van der Waals surface area contributed by atoms with Gasteiger partial charge >= 0.3 is 5.97 Å². The first-order valence-electron chi connectivity index (χ1n) is 9.53. The maximum Gasteiger partial charge on any atom is 0.342 e. The Bertz CT molecular complexity index is 1230. The molecule has 2 aromatic carbocycles. The summed E-state index contributed by atoms with van der Waals surface area (Å²) in [6.45, 7) is 6.04. The maximum absolute atomic E-state index is 12.3. The molecule has 0 bridgehead atoms. The second kappa shape index (κ2) is 7.47. The number of rotatable bonds is 5. The van der Waals surface area contributed by atoms with Crippen LogP contribution in [0, 0.1) is 13.8 Å². The number of aromatic nitrogens is 1. The molecular formula is C23H22N2O4. The van der Waals surface area contributed by atoms with E-state index in [-0.39, 0.29) is 6.61 Å². The SMILES string of the molecule is CCn1c2ccccc2c2cc(NC(=O)COC(=O)c3cc(C)oc3C)ccc21. The van der Waals surface area contributed by atoms with Crippen molar-refractivity contribution < 1.29 is 18.7 Å². The number of hydrogen-bond donors (Lipinski definition) is 1. The molecule has 29 heavy (non-hydrogen) atoms. The van der Waals surface area contributed by atoms with Crippen LogP contribution in [0.2, 0.25) is 0 Å². The summed E-state index contributed by atoms with van der Waals surface area (Å²) in [5.74, 6) is 0.134. The first-order valence-corrected chi connectivity index (χ1v) is 9.53. The molecule has 0 aliphatic heterocycles. The lowest BCUT2D eigenvalue weighted by atomic mass is 10.1. The van der Waals surface area contributed by atoms with E-state index < -0.39 is 11.9 Å². The second-order valence-electron chi connectivity index (χ2n) is 6.94. The number of aryl methyl sites for hydroxylation is 3. The van der Waals surface area contributed by atoms with Crippen molar-refractivity contribution in [1.29, 1.82) is 0 Å². The van der Waals surface area contributed by atoms with Gasteiger partial charge in [0.25, 0.3) is 5.91 Å². The fourth-order valence-electron chi connectivity index (χ4n) is 3.71. The van der Waals surface area contributed by atoms with Gasteiger partial charge in [-0.1, -0.05) is 18.2 Å². The summed E-state index contributed by atoms with van der Waals surface area (Å²) < 4.78 is 12.7. The van der Waals surface area contributed by atoms with Crippen LogP contribution in [0.3, 0.4) is 0 Å². The van der Waals surface area contributed by atoms with E-state index in [0.29, 0.717) is 22.8 Å². The van der Waals surface area contributed by atoms with Gasteiger partial charge < -0.3 is 19.0 Å². The molecule has 4 rings (SSSR count). The monoisotopic (exact) mass is 390 g/mol. The number of carbonyl (C=O) groups is 2. The number of nitrogens with zero attached hydrogens (tertiary/aromatic N) is 1. The van der Waals surface area contributed by atoms with Crippen molar-refractivity contribution in [2.24, 2.45) is 0 Å². The van der Waals surface area contributed by atoms with Gasteiger partial charge in [0, 0.05) is 34.0 Å². The molecular weight excluding hydrogens is 368 g/mol. The highest BCUT2D eigenvalue weighted by Gasteiger charge is 2.17. The quantitative estimate of drug-likeness (QED) is 0.496. The smallest absolute Gasteiger partial charge is 0.342 e. The van der Waals surface area contributed by atoms with Gasteiger partial charge in [0.15, 0.2) is 6.61 Å². The molecule has 0 saturated carbocycles. The van der Waals surface area contributed by atoms with E-state index in [1.807, 2.05) is 30.3 Å². The zero-order valence-electron chi connectivity index (χ0n) is 16.6. The Labute approximate surface area is 168 Å². The Hall–Kier alpha value is -3.54. The van der Waals surface area contributed by atoms with E-state index in [0.717, 1.165) is 28.4 Å². The standard InChI is InChI=1S/C23H22N2O4/c1-4-25-20-8-6-5-7-17(20)19-12-16(9-10-21(19)25)24-22(26)13-28-23(27)18-11-14(2)29-15(18)3/h5-12H,4,13H2,1-3H3,(H,24,26). The Balaban J connectivity index is 1.50. The summed E-state index contributed by atoms with van der Waals surface area (Å²) in [6, 6.07) is 15.6. The lowest BCUT2D eigenvalue weighted by Crippen LogP contribution is -2.21. The molecule has 6 heteroatoms. The van der Waals surface area contributed by atoms with Crippen LogP contribution in [-0.2, 0) is 16.1 Å². The summed E-state index contributed by atoms with van der Waals surface area (Å²) in [4.78, 5) is 24.4. The third-order valence-electron chi connectivity index (χ3n) is 4.97. The van der Waals surface area contributed by atoms with Crippen LogP contribution in [-0.4, -0.2) is 23.1 Å². The molecule has 0 saturated heterocycles. The predicted octanol–water partition coefficient (Wildman–Crippen LogP) is 4.82. The maximum atomic E-state index is 12.3. The predicted molar refractivity (Wildman–Crippen MR) is 112 cm³/mol. The van der Waals surface area contributed by atoms with E-state index in [1.165, 1.54) is 0 Å². The normalized spacial score (nSPS) is 11.1. The number of hydrogen-bond acceptors (Lipinski definition) is 4. The minimum Gasteiger partial charge on any atom is -0.466 e. The molecule has 148 valence electrons. The van der Waals surface area contributed by atoms with Gasteiger partial charge in [0.1, 0.15) is 17.1 Å². The summed E-state index contributed by atoms with van der Waals surface area (Å²) in [7, 11) is 0. The number of fused-ring (bicyclic) bond motifs is 3. The van der Waals surface area contributed by atoms with Gasteiger partial charge in [-0.2, -0.15) is 0 Å². The molecule has 1 amide bonds. The first-order chi connectivity index (χ1) is 14.0. The molecule has 1 N–H and O–H groups in total. The zero-order valence-corrected chi connectivity index (χ0v) is 16.6. The van der Waals surface area contributed by atoms with E-state index >= 15 is 0 Å². The summed E-state index contributed by atoms with van der Waals surface area (Å²) in [5, 5.41) is 5.01. The lowest BCUT2D eigenvalue weighted by molar-refractivity contribution is -0.119. The molecule has 0 unspecified atom stereocenters. The molecule has 0 aliphatic carbocycles. The number of furan rings is 1. The topological polar surface area (TPSA) is 73.5 Å². The molecule has 2 heterocycles. The Morgan fingerprint density at radius 1 is 1.03 bits per heavy atom. The van der Waals surface area contributed by atoms with Crippen molar-refractivity contribution >= 4 is 39.4 Å². The van der Waals surface area contributed by atoms with Gasteiger partial charge in [-0.05, 0) is 51.1 Å². The first kappa shape index (κ1) is 18.8. The van der Waals surface area contributed by atoms with Crippen molar-refractivity contribution in [3.05, 3.63) is 65.6 Å². The van der Waals surface area contributed by atoms with Crippen molar-refractivity contribution in [2.75, 3.05) is 11.9 Å². The minimum absolute atomic E-state index is 0.337. The highest BCUT2D eigenvalue weighted by Crippen LogP contribution is 2.30. The van der Waals surface area contributed by atoms with Crippen LogP contribution in [0.25, 0.3) is 21.8 Å². The van der Waals surface area contributed by atoms with E-state index in [9.17, 15) is 9.59 Å². The number of ether oxygens (including phenoxy) is 1. The minimum atomic E-state index is -0.573. The molecule has 4 aromatic rings. The van der Waals surface area contributed by atoms with Gasteiger partial charge in [0.05, 0.1) is 0 Å². The molecule has 6 nitrogen and oxygen atoms in total. The van der Waals surface area contributed by atoms with Gasteiger partial charge in [-0.25, -0.2) is 4.79 Å². The number of benzene rings is 2. The van der Waals surface area contributed by atoms with Crippen LogP contribution < -0.4 is 5.32 Å². The zero-order chi connectivity index (χ0) is 20.5. The Morgan fingerprint density at radius 2 is 1.79 bits per heavy atom. The summed E-state index contributed by atoms with van der Waals surface area (Å²) in [5.41, 5.74) is 3.27. The summed E-state index contributed by atoms with van der Waals surface area (Å²) in [6.07, 6.45) is 0. The van der Waals surface area contributed by atoms with Crippen molar-refractivity contribution in [1.82, 2.24) is 4.57 Å². The highest BCUT2D eigenvalue weighted by molar-refractivity contribution is 6.10. The Kier molecular flexibility index (Phi) is 4.84. The fourth-order valence-corrected chi connectivity index (χ4v) is 3.71. The fraction of sp³-hybridized carbons (Fsp3) is 0.217. The molecule has 0 radical (unpaired) electrons. The highest BCUT2D eigenvalue weighted by atomic mass is 16.5. The van der Waals surface area contributed by atoms with Crippen LogP contribution in [0.4, 0.5) is 5.69 Å². The molecule has 2 aromatic heterocycles. The average Bonchev–Trinajstić information content (AvgIpc) is 3.22. The van der Waals surface area contributed by atoms with Crippen molar-refractivity contribution in [3.8, 4) is 0 Å². The molecule has 0 spiro atoms. The van der Waals surface area contributed by atoms with E-state index in [4.69, 9.17) is 9.15 Å².